The van der Waals surface area contributed by atoms with Gasteiger partial charge in [0.05, 0.1) is 11.2 Å². The van der Waals surface area contributed by atoms with Gasteiger partial charge in [-0.15, -0.1) is 0 Å². The third-order valence-electron chi connectivity index (χ3n) is 5.42. The lowest BCUT2D eigenvalue weighted by molar-refractivity contribution is -0.384. The monoisotopic (exact) mass is 463 g/mol. The fraction of sp³-hybridized carbons (Fsp3) is 0.208. The maximum atomic E-state index is 12.9. The minimum atomic E-state index is -1.15. The van der Waals surface area contributed by atoms with Crippen molar-refractivity contribution < 1.29 is 28.5 Å². The average molecular weight is 463 g/mol. The van der Waals surface area contributed by atoms with Gasteiger partial charge in [-0.25, -0.2) is 4.79 Å². The third kappa shape index (κ3) is 4.96. The summed E-state index contributed by atoms with van der Waals surface area (Å²) < 4.78 is 10.4. The molecule has 1 N–H and O–H groups in total. The number of rotatable bonds is 7. The molecule has 0 aliphatic carbocycles. The Labute approximate surface area is 194 Å². The molecule has 0 saturated heterocycles. The van der Waals surface area contributed by atoms with Crippen LogP contribution < -0.4 is 10.2 Å². The molecule has 0 saturated carbocycles. The largest absolute Gasteiger partial charge is 0.459 e. The summed E-state index contributed by atoms with van der Waals surface area (Å²) in [5.74, 6) is -1.84. The highest BCUT2D eigenvalue weighted by Crippen LogP contribution is 2.30. The number of hydrogen-bond donors (Lipinski definition) is 1. The number of fused-ring (bicyclic) bond motifs is 1. The molecule has 0 spiro atoms. The Morgan fingerprint density at radius 1 is 1.12 bits per heavy atom. The van der Waals surface area contributed by atoms with E-state index in [0.29, 0.717) is 36.2 Å². The number of carbonyl (C=O) groups is 3. The quantitative estimate of drug-likeness (QED) is 0.323. The second-order valence-corrected chi connectivity index (χ2v) is 7.62. The van der Waals surface area contributed by atoms with Crippen LogP contribution in [-0.4, -0.2) is 35.9 Å². The van der Waals surface area contributed by atoms with Crippen molar-refractivity contribution in [2.45, 2.75) is 18.9 Å². The van der Waals surface area contributed by atoms with Crippen molar-refractivity contribution in [1.29, 1.82) is 0 Å². The SMILES string of the molecule is O=C(NC(C(=O)OCC(=O)N1CCCc2cc([N+](=O)[O-])ccc21)c1ccccc1)c1ccco1. The Bertz CT molecular complexity index is 1210. The van der Waals surface area contributed by atoms with Gasteiger partial charge in [-0.05, 0) is 42.2 Å². The Balaban J connectivity index is 1.46. The zero-order valence-corrected chi connectivity index (χ0v) is 18.0. The molecule has 2 aromatic carbocycles. The number of furan rings is 1. The molecule has 0 bridgehead atoms. The van der Waals surface area contributed by atoms with Gasteiger partial charge in [0, 0.05) is 24.4 Å². The molecule has 10 heteroatoms. The fourth-order valence-electron chi connectivity index (χ4n) is 3.78. The average Bonchev–Trinajstić information content (AvgIpc) is 3.40. The fourth-order valence-corrected chi connectivity index (χ4v) is 3.78. The number of nitrogens with zero attached hydrogens (tertiary/aromatic N) is 2. The summed E-state index contributed by atoms with van der Waals surface area (Å²) >= 11 is 0. The lowest BCUT2D eigenvalue weighted by Gasteiger charge is -2.29. The second kappa shape index (κ2) is 9.99. The van der Waals surface area contributed by atoms with Gasteiger partial charge in [-0.1, -0.05) is 30.3 Å². The van der Waals surface area contributed by atoms with Gasteiger partial charge in [-0.3, -0.25) is 19.7 Å². The van der Waals surface area contributed by atoms with Crippen LogP contribution in [0.3, 0.4) is 0 Å². The van der Waals surface area contributed by atoms with Gasteiger partial charge in [0.2, 0.25) is 0 Å². The number of nitro benzene ring substituents is 1. The molecule has 1 aromatic heterocycles. The Morgan fingerprint density at radius 2 is 1.91 bits per heavy atom. The predicted octanol–water partition coefficient (Wildman–Crippen LogP) is 3.18. The van der Waals surface area contributed by atoms with E-state index in [-0.39, 0.29) is 11.4 Å². The smallest absolute Gasteiger partial charge is 0.333 e. The first-order valence-corrected chi connectivity index (χ1v) is 10.6. The number of esters is 1. The zero-order valence-electron chi connectivity index (χ0n) is 18.0. The minimum absolute atomic E-state index is 0.0313. The molecular weight excluding hydrogens is 442 g/mol. The van der Waals surface area contributed by atoms with Crippen molar-refractivity contribution >= 4 is 29.2 Å². The number of aryl methyl sites for hydroxylation is 1. The van der Waals surface area contributed by atoms with E-state index in [2.05, 4.69) is 5.32 Å². The van der Waals surface area contributed by atoms with E-state index in [0.717, 1.165) is 0 Å². The molecule has 2 heterocycles. The van der Waals surface area contributed by atoms with E-state index < -0.39 is 35.4 Å². The predicted molar refractivity (Wildman–Crippen MR) is 120 cm³/mol. The number of amides is 2. The molecule has 1 aliphatic heterocycles. The van der Waals surface area contributed by atoms with Gasteiger partial charge in [0.25, 0.3) is 17.5 Å². The molecular formula is C24H21N3O7. The molecule has 10 nitrogen and oxygen atoms in total. The third-order valence-corrected chi connectivity index (χ3v) is 5.42. The summed E-state index contributed by atoms with van der Waals surface area (Å²) in [5.41, 5.74) is 1.68. The van der Waals surface area contributed by atoms with Crippen LogP contribution in [0.1, 0.15) is 34.1 Å². The highest BCUT2D eigenvalue weighted by molar-refractivity contribution is 5.98. The first-order chi connectivity index (χ1) is 16.4. The molecule has 0 radical (unpaired) electrons. The Morgan fingerprint density at radius 3 is 2.62 bits per heavy atom. The van der Waals surface area contributed by atoms with E-state index in [4.69, 9.17) is 9.15 Å². The van der Waals surface area contributed by atoms with Crippen molar-refractivity contribution in [1.82, 2.24) is 5.32 Å². The van der Waals surface area contributed by atoms with Crippen LogP contribution in [0.2, 0.25) is 0 Å². The first kappa shape index (κ1) is 22.7. The summed E-state index contributed by atoms with van der Waals surface area (Å²) in [4.78, 5) is 50.2. The molecule has 0 fully saturated rings. The molecule has 1 atom stereocenters. The van der Waals surface area contributed by atoms with E-state index >= 15 is 0 Å². The van der Waals surface area contributed by atoms with Crippen LogP contribution in [0.15, 0.2) is 71.3 Å². The number of anilines is 1. The van der Waals surface area contributed by atoms with Crippen molar-refractivity contribution in [3.05, 3.63) is 93.9 Å². The summed E-state index contributed by atoms with van der Waals surface area (Å²) in [6.07, 6.45) is 2.57. The zero-order chi connectivity index (χ0) is 24.1. The van der Waals surface area contributed by atoms with Crippen LogP contribution >= 0.6 is 0 Å². The van der Waals surface area contributed by atoms with Crippen molar-refractivity contribution in [2.75, 3.05) is 18.1 Å². The van der Waals surface area contributed by atoms with Crippen LogP contribution in [0.5, 0.6) is 0 Å². The lowest BCUT2D eigenvalue weighted by Crippen LogP contribution is -2.40. The maximum absolute atomic E-state index is 12.9. The van der Waals surface area contributed by atoms with Gasteiger partial charge < -0.3 is 19.4 Å². The highest BCUT2D eigenvalue weighted by Gasteiger charge is 2.29. The van der Waals surface area contributed by atoms with Gasteiger partial charge in [0.1, 0.15) is 0 Å². The molecule has 174 valence electrons. The van der Waals surface area contributed by atoms with Crippen LogP contribution in [0.25, 0.3) is 0 Å². The number of carbonyl (C=O) groups excluding carboxylic acids is 3. The number of nitro groups is 1. The van der Waals surface area contributed by atoms with Crippen LogP contribution in [0.4, 0.5) is 11.4 Å². The lowest BCUT2D eigenvalue weighted by atomic mass is 10.0. The van der Waals surface area contributed by atoms with Gasteiger partial charge >= 0.3 is 5.97 Å². The van der Waals surface area contributed by atoms with E-state index in [1.807, 2.05) is 0 Å². The van der Waals surface area contributed by atoms with E-state index in [1.54, 1.807) is 36.4 Å². The topological polar surface area (TPSA) is 132 Å². The molecule has 1 aliphatic rings. The van der Waals surface area contributed by atoms with Crippen molar-refractivity contribution in [2.24, 2.45) is 0 Å². The summed E-state index contributed by atoms with van der Waals surface area (Å²) in [7, 11) is 0. The number of ether oxygens (including phenoxy) is 1. The van der Waals surface area contributed by atoms with Crippen LogP contribution in [-0.2, 0) is 20.7 Å². The Hall–Kier alpha value is -4.47. The van der Waals surface area contributed by atoms with Crippen molar-refractivity contribution in [3.63, 3.8) is 0 Å². The van der Waals surface area contributed by atoms with Gasteiger partial charge in [-0.2, -0.15) is 0 Å². The number of non-ortho nitro benzene ring substituents is 1. The number of benzene rings is 2. The molecule has 1 unspecified atom stereocenters. The molecule has 3 aromatic rings. The number of hydrogen-bond acceptors (Lipinski definition) is 7. The highest BCUT2D eigenvalue weighted by atomic mass is 16.6. The van der Waals surface area contributed by atoms with E-state index in [9.17, 15) is 24.5 Å². The van der Waals surface area contributed by atoms with E-state index in [1.165, 1.54) is 35.4 Å². The van der Waals surface area contributed by atoms with Crippen LogP contribution in [0, 0.1) is 10.1 Å². The molecule has 4 rings (SSSR count). The molecule has 34 heavy (non-hydrogen) atoms. The summed E-state index contributed by atoms with van der Waals surface area (Å²) in [6, 6.07) is 14.7. The summed E-state index contributed by atoms with van der Waals surface area (Å²) in [5, 5.41) is 13.6. The maximum Gasteiger partial charge on any atom is 0.333 e. The standard InChI is InChI=1S/C24H21N3O7/c28-21(26-12-4-8-17-14-18(27(31)32)10-11-19(17)26)15-34-24(30)22(16-6-2-1-3-7-16)25-23(29)20-9-5-13-33-20/h1-3,5-7,9-11,13-14,22H,4,8,12,15H2,(H,25,29). The molecule has 2 amide bonds. The normalized spacial score (nSPS) is 13.5. The van der Waals surface area contributed by atoms with Gasteiger partial charge in [0.15, 0.2) is 18.4 Å². The summed E-state index contributed by atoms with van der Waals surface area (Å²) in [6.45, 7) is -0.145. The minimum Gasteiger partial charge on any atom is -0.459 e. The van der Waals surface area contributed by atoms with Crippen molar-refractivity contribution in [3.8, 4) is 0 Å². The Kier molecular flexibility index (Phi) is 6.67. The number of nitrogens with one attached hydrogen (secondary N) is 1. The first-order valence-electron chi connectivity index (χ1n) is 10.6. The second-order valence-electron chi connectivity index (χ2n) is 7.62.